The van der Waals surface area contributed by atoms with E-state index < -0.39 is 5.60 Å². The molecule has 0 saturated heterocycles. The van der Waals surface area contributed by atoms with Gasteiger partial charge in [0.1, 0.15) is 17.2 Å². The molecule has 6 heteroatoms. The Morgan fingerprint density at radius 1 is 1.38 bits per heavy atom. The lowest BCUT2D eigenvalue weighted by Crippen LogP contribution is -2.38. The molecule has 2 rings (SSSR count). The average molecular weight is 331 g/mol. The van der Waals surface area contributed by atoms with E-state index >= 15 is 0 Å². The van der Waals surface area contributed by atoms with Crippen LogP contribution in [-0.4, -0.2) is 35.6 Å². The van der Waals surface area contributed by atoms with E-state index in [1.54, 1.807) is 31.3 Å². The Morgan fingerprint density at radius 2 is 2.17 bits per heavy atom. The molecule has 2 aromatic heterocycles. The standard InChI is InChI=1S/C18H25N3O3/c1-4-10-21(5-2)16-9-8-14(12-19-16)17(22)20-13-18(3,23)15-7-6-11-24-15/h6-9,11-12,23H,4-5,10,13H2,1-3H3,(H,20,22). The van der Waals surface area contributed by atoms with Crippen LogP contribution in [0.15, 0.2) is 41.1 Å². The molecule has 0 radical (unpaired) electrons. The minimum absolute atomic E-state index is 0.0536. The number of carbonyl (C=O) groups is 1. The fourth-order valence-corrected chi connectivity index (χ4v) is 2.44. The van der Waals surface area contributed by atoms with E-state index in [0.29, 0.717) is 11.3 Å². The zero-order chi connectivity index (χ0) is 17.6. The van der Waals surface area contributed by atoms with Gasteiger partial charge in [-0.3, -0.25) is 4.79 Å². The number of amides is 1. The highest BCUT2D eigenvalue weighted by Crippen LogP contribution is 2.20. The van der Waals surface area contributed by atoms with Crippen molar-refractivity contribution in [3.8, 4) is 0 Å². The topological polar surface area (TPSA) is 78.6 Å². The number of pyridine rings is 1. The summed E-state index contributed by atoms with van der Waals surface area (Å²) in [4.78, 5) is 18.8. The van der Waals surface area contributed by atoms with Gasteiger partial charge in [-0.1, -0.05) is 6.92 Å². The summed E-state index contributed by atoms with van der Waals surface area (Å²) in [6.07, 6.45) is 4.09. The number of rotatable bonds is 8. The molecule has 2 aromatic rings. The zero-order valence-electron chi connectivity index (χ0n) is 14.5. The lowest BCUT2D eigenvalue weighted by molar-refractivity contribution is 0.0330. The van der Waals surface area contributed by atoms with Crippen LogP contribution < -0.4 is 10.2 Å². The molecular formula is C18H25N3O3. The first-order valence-electron chi connectivity index (χ1n) is 8.23. The van der Waals surface area contributed by atoms with Crippen LogP contribution in [0.25, 0.3) is 0 Å². The third kappa shape index (κ3) is 4.35. The molecule has 24 heavy (non-hydrogen) atoms. The Balaban J connectivity index is 1.97. The molecular weight excluding hydrogens is 306 g/mol. The lowest BCUT2D eigenvalue weighted by Gasteiger charge is -2.22. The van der Waals surface area contributed by atoms with Gasteiger partial charge in [0.15, 0.2) is 0 Å². The highest BCUT2D eigenvalue weighted by Gasteiger charge is 2.27. The average Bonchev–Trinajstić information content (AvgIpc) is 3.13. The first-order chi connectivity index (χ1) is 11.5. The van der Waals surface area contributed by atoms with Crippen molar-refractivity contribution in [3.63, 3.8) is 0 Å². The first-order valence-corrected chi connectivity index (χ1v) is 8.23. The fraction of sp³-hybridized carbons (Fsp3) is 0.444. The van der Waals surface area contributed by atoms with Gasteiger partial charge in [-0.2, -0.15) is 0 Å². The van der Waals surface area contributed by atoms with E-state index in [1.165, 1.54) is 6.26 Å². The van der Waals surface area contributed by atoms with E-state index in [4.69, 9.17) is 4.42 Å². The molecule has 1 atom stereocenters. The molecule has 0 saturated carbocycles. The second-order valence-corrected chi connectivity index (χ2v) is 5.92. The third-order valence-electron chi connectivity index (χ3n) is 3.85. The van der Waals surface area contributed by atoms with E-state index in [1.807, 2.05) is 6.07 Å². The zero-order valence-corrected chi connectivity index (χ0v) is 14.5. The molecule has 1 unspecified atom stereocenters. The van der Waals surface area contributed by atoms with E-state index in [-0.39, 0.29) is 12.5 Å². The maximum absolute atomic E-state index is 12.2. The molecule has 0 bridgehead atoms. The van der Waals surface area contributed by atoms with Gasteiger partial charge in [0.2, 0.25) is 0 Å². The Kier molecular flexibility index (Phi) is 5.98. The summed E-state index contributed by atoms with van der Waals surface area (Å²) in [5.74, 6) is 0.993. The third-order valence-corrected chi connectivity index (χ3v) is 3.85. The summed E-state index contributed by atoms with van der Waals surface area (Å²) in [7, 11) is 0. The number of furan rings is 1. The molecule has 0 spiro atoms. The molecule has 1 amide bonds. The van der Waals surface area contributed by atoms with Gasteiger partial charge in [-0.15, -0.1) is 0 Å². The predicted octanol–water partition coefficient (Wildman–Crippen LogP) is 2.55. The highest BCUT2D eigenvalue weighted by molar-refractivity contribution is 5.94. The molecule has 0 aliphatic heterocycles. The largest absolute Gasteiger partial charge is 0.466 e. The summed E-state index contributed by atoms with van der Waals surface area (Å²) < 4.78 is 5.19. The predicted molar refractivity (Wildman–Crippen MR) is 93.0 cm³/mol. The summed E-state index contributed by atoms with van der Waals surface area (Å²) >= 11 is 0. The maximum Gasteiger partial charge on any atom is 0.252 e. The van der Waals surface area contributed by atoms with Crippen LogP contribution in [0.1, 0.15) is 43.3 Å². The van der Waals surface area contributed by atoms with Crippen molar-refractivity contribution in [2.75, 3.05) is 24.5 Å². The Labute approximate surface area is 142 Å². The van der Waals surface area contributed by atoms with Crippen molar-refractivity contribution >= 4 is 11.7 Å². The Morgan fingerprint density at radius 3 is 2.71 bits per heavy atom. The Hall–Kier alpha value is -2.34. The minimum atomic E-state index is -1.26. The van der Waals surface area contributed by atoms with Gasteiger partial charge >= 0.3 is 0 Å². The minimum Gasteiger partial charge on any atom is -0.466 e. The number of aliphatic hydroxyl groups is 1. The van der Waals surface area contributed by atoms with Crippen LogP contribution in [-0.2, 0) is 5.60 Å². The molecule has 6 nitrogen and oxygen atoms in total. The summed E-state index contributed by atoms with van der Waals surface area (Å²) in [6.45, 7) is 7.65. The molecule has 0 aliphatic rings. The van der Waals surface area contributed by atoms with E-state index in [0.717, 1.165) is 25.3 Å². The van der Waals surface area contributed by atoms with Gasteiger partial charge < -0.3 is 19.7 Å². The number of anilines is 1. The Bertz CT molecular complexity index is 636. The second kappa shape index (κ2) is 7.97. The number of aromatic nitrogens is 1. The van der Waals surface area contributed by atoms with Crippen LogP contribution in [0.2, 0.25) is 0 Å². The smallest absolute Gasteiger partial charge is 0.252 e. The SMILES string of the molecule is CCCN(CC)c1ccc(C(=O)NCC(C)(O)c2ccco2)cn1. The number of hydrogen-bond donors (Lipinski definition) is 2. The molecule has 0 fully saturated rings. The molecule has 0 aromatic carbocycles. The highest BCUT2D eigenvalue weighted by atomic mass is 16.4. The molecule has 130 valence electrons. The molecule has 2 N–H and O–H groups in total. The number of nitrogens with one attached hydrogen (secondary N) is 1. The molecule has 2 heterocycles. The maximum atomic E-state index is 12.2. The van der Waals surface area contributed by atoms with Gasteiger partial charge in [0, 0.05) is 19.3 Å². The van der Waals surface area contributed by atoms with Crippen LogP contribution in [0, 0.1) is 0 Å². The van der Waals surface area contributed by atoms with Crippen LogP contribution in [0.3, 0.4) is 0 Å². The van der Waals surface area contributed by atoms with Crippen molar-refractivity contribution in [1.29, 1.82) is 0 Å². The van der Waals surface area contributed by atoms with Crippen molar-refractivity contribution < 1.29 is 14.3 Å². The fourth-order valence-electron chi connectivity index (χ4n) is 2.44. The summed E-state index contributed by atoms with van der Waals surface area (Å²) in [6, 6.07) is 6.97. The summed E-state index contributed by atoms with van der Waals surface area (Å²) in [5.41, 5.74) is -0.798. The van der Waals surface area contributed by atoms with Crippen molar-refractivity contribution in [1.82, 2.24) is 10.3 Å². The lowest BCUT2D eigenvalue weighted by atomic mass is 10.0. The van der Waals surface area contributed by atoms with Gasteiger partial charge in [-0.25, -0.2) is 4.98 Å². The first kappa shape index (κ1) is 18.0. The summed E-state index contributed by atoms with van der Waals surface area (Å²) in [5, 5.41) is 13.1. The normalized spacial score (nSPS) is 13.3. The van der Waals surface area contributed by atoms with Crippen LogP contribution in [0.4, 0.5) is 5.82 Å². The quantitative estimate of drug-likeness (QED) is 0.777. The van der Waals surface area contributed by atoms with Gasteiger partial charge in [-0.05, 0) is 44.5 Å². The molecule has 0 aliphatic carbocycles. The monoisotopic (exact) mass is 331 g/mol. The number of nitrogens with zero attached hydrogens (tertiary/aromatic N) is 2. The number of hydrogen-bond acceptors (Lipinski definition) is 5. The van der Waals surface area contributed by atoms with Crippen LogP contribution >= 0.6 is 0 Å². The van der Waals surface area contributed by atoms with Gasteiger partial charge in [0.05, 0.1) is 18.4 Å². The van der Waals surface area contributed by atoms with Crippen molar-refractivity contribution in [2.24, 2.45) is 0 Å². The van der Waals surface area contributed by atoms with E-state index in [2.05, 4.69) is 29.0 Å². The second-order valence-electron chi connectivity index (χ2n) is 5.92. The van der Waals surface area contributed by atoms with Crippen molar-refractivity contribution in [2.45, 2.75) is 32.8 Å². The van der Waals surface area contributed by atoms with Crippen LogP contribution in [0.5, 0.6) is 0 Å². The number of carbonyl (C=O) groups excluding carboxylic acids is 1. The van der Waals surface area contributed by atoms with E-state index in [9.17, 15) is 9.90 Å². The van der Waals surface area contributed by atoms with Crippen molar-refractivity contribution in [3.05, 3.63) is 48.0 Å². The van der Waals surface area contributed by atoms with Gasteiger partial charge in [0.25, 0.3) is 5.91 Å².